The molecule has 1 saturated heterocycles. The average molecular weight is 430 g/mol. The zero-order chi connectivity index (χ0) is 19.3. The summed E-state index contributed by atoms with van der Waals surface area (Å²) in [5.41, 5.74) is 0.425. The Labute approximate surface area is 161 Å². The van der Waals surface area contributed by atoms with E-state index in [9.17, 15) is 9.59 Å². The SMILES string of the molecule is CCOC(=O)C1CCN(C(=O)c2cc(OC)c(OC)c(OC)c2Br)CC1. The van der Waals surface area contributed by atoms with Crippen molar-refractivity contribution in [2.75, 3.05) is 41.0 Å². The van der Waals surface area contributed by atoms with E-state index >= 15 is 0 Å². The first-order chi connectivity index (χ1) is 12.5. The Morgan fingerprint density at radius 3 is 2.23 bits per heavy atom. The van der Waals surface area contributed by atoms with Crippen molar-refractivity contribution in [3.63, 3.8) is 0 Å². The van der Waals surface area contributed by atoms with Crippen LogP contribution in [0.1, 0.15) is 30.1 Å². The van der Waals surface area contributed by atoms with Crippen molar-refractivity contribution in [3.05, 3.63) is 16.1 Å². The number of nitrogens with zero attached hydrogens (tertiary/aromatic N) is 1. The van der Waals surface area contributed by atoms with Gasteiger partial charge in [-0.1, -0.05) is 0 Å². The third kappa shape index (κ3) is 4.06. The zero-order valence-corrected chi connectivity index (χ0v) is 17.1. The second-order valence-corrected chi connectivity index (χ2v) is 6.62. The molecule has 7 nitrogen and oxygen atoms in total. The number of halogens is 1. The van der Waals surface area contributed by atoms with Crippen LogP contribution in [-0.2, 0) is 9.53 Å². The number of ether oxygens (including phenoxy) is 4. The Balaban J connectivity index is 2.21. The van der Waals surface area contributed by atoms with E-state index in [-0.39, 0.29) is 17.8 Å². The molecule has 0 radical (unpaired) electrons. The van der Waals surface area contributed by atoms with Gasteiger partial charge in [0.25, 0.3) is 5.91 Å². The lowest BCUT2D eigenvalue weighted by Crippen LogP contribution is -2.40. The van der Waals surface area contributed by atoms with Gasteiger partial charge in [-0.05, 0) is 41.8 Å². The molecular weight excluding hydrogens is 406 g/mol. The predicted molar refractivity (Wildman–Crippen MR) is 99.1 cm³/mol. The topological polar surface area (TPSA) is 74.3 Å². The highest BCUT2D eigenvalue weighted by atomic mass is 79.9. The van der Waals surface area contributed by atoms with Crippen LogP contribution >= 0.6 is 15.9 Å². The third-order valence-electron chi connectivity index (χ3n) is 4.40. The summed E-state index contributed by atoms with van der Waals surface area (Å²) in [6.45, 7) is 3.14. The lowest BCUT2D eigenvalue weighted by Gasteiger charge is -2.31. The van der Waals surface area contributed by atoms with E-state index < -0.39 is 0 Å². The molecule has 26 heavy (non-hydrogen) atoms. The molecule has 0 bridgehead atoms. The molecule has 1 heterocycles. The van der Waals surface area contributed by atoms with E-state index in [1.165, 1.54) is 21.3 Å². The van der Waals surface area contributed by atoms with Gasteiger partial charge in [-0.2, -0.15) is 0 Å². The number of piperidine rings is 1. The Morgan fingerprint density at radius 1 is 1.12 bits per heavy atom. The summed E-state index contributed by atoms with van der Waals surface area (Å²) in [6.07, 6.45) is 1.18. The van der Waals surface area contributed by atoms with Crippen molar-refractivity contribution >= 4 is 27.8 Å². The third-order valence-corrected chi connectivity index (χ3v) is 5.19. The van der Waals surface area contributed by atoms with Crippen LogP contribution in [0.5, 0.6) is 17.2 Å². The molecule has 1 fully saturated rings. The number of benzene rings is 1. The highest BCUT2D eigenvalue weighted by Crippen LogP contribution is 2.45. The fourth-order valence-electron chi connectivity index (χ4n) is 3.03. The number of amides is 1. The van der Waals surface area contributed by atoms with Gasteiger partial charge in [0.1, 0.15) is 0 Å². The van der Waals surface area contributed by atoms with Crippen molar-refractivity contribution in [2.45, 2.75) is 19.8 Å². The molecule has 1 aromatic carbocycles. The first-order valence-electron chi connectivity index (χ1n) is 8.42. The second-order valence-electron chi connectivity index (χ2n) is 5.83. The molecule has 0 aromatic heterocycles. The summed E-state index contributed by atoms with van der Waals surface area (Å²) in [4.78, 5) is 26.6. The fourth-order valence-corrected chi connectivity index (χ4v) is 3.65. The maximum atomic E-state index is 13.0. The number of rotatable bonds is 6. The van der Waals surface area contributed by atoms with Crippen molar-refractivity contribution in [3.8, 4) is 17.2 Å². The number of hydrogen-bond donors (Lipinski definition) is 0. The largest absolute Gasteiger partial charge is 0.493 e. The van der Waals surface area contributed by atoms with Crippen LogP contribution < -0.4 is 14.2 Å². The first-order valence-corrected chi connectivity index (χ1v) is 9.22. The van der Waals surface area contributed by atoms with Gasteiger partial charge in [0.2, 0.25) is 5.75 Å². The number of hydrogen-bond acceptors (Lipinski definition) is 6. The Hall–Kier alpha value is -1.96. The van der Waals surface area contributed by atoms with Crippen molar-refractivity contribution < 1.29 is 28.5 Å². The molecule has 0 N–H and O–H groups in total. The van der Waals surface area contributed by atoms with E-state index in [1.807, 2.05) is 0 Å². The minimum Gasteiger partial charge on any atom is -0.493 e. The second kappa shape index (κ2) is 9.12. The van der Waals surface area contributed by atoms with Gasteiger partial charge in [0.15, 0.2) is 11.5 Å². The van der Waals surface area contributed by atoms with Crippen LogP contribution in [0.15, 0.2) is 10.5 Å². The van der Waals surface area contributed by atoms with Gasteiger partial charge in [-0.3, -0.25) is 9.59 Å². The van der Waals surface area contributed by atoms with Gasteiger partial charge >= 0.3 is 5.97 Å². The Morgan fingerprint density at radius 2 is 1.73 bits per heavy atom. The maximum Gasteiger partial charge on any atom is 0.309 e. The summed E-state index contributed by atoms with van der Waals surface area (Å²) in [5.74, 6) is 0.739. The molecule has 144 valence electrons. The lowest BCUT2D eigenvalue weighted by atomic mass is 9.96. The van der Waals surface area contributed by atoms with E-state index in [2.05, 4.69) is 15.9 Å². The van der Waals surface area contributed by atoms with E-state index in [0.29, 0.717) is 59.8 Å². The summed E-state index contributed by atoms with van der Waals surface area (Å²) in [6, 6.07) is 1.63. The molecule has 8 heteroatoms. The molecule has 1 aromatic rings. The van der Waals surface area contributed by atoms with Crippen molar-refractivity contribution in [1.82, 2.24) is 4.90 Å². The van der Waals surface area contributed by atoms with Crippen molar-refractivity contribution in [1.29, 1.82) is 0 Å². The number of methoxy groups -OCH3 is 3. The highest BCUT2D eigenvalue weighted by Gasteiger charge is 2.31. The van der Waals surface area contributed by atoms with Crippen LogP contribution in [0.4, 0.5) is 0 Å². The van der Waals surface area contributed by atoms with Crippen molar-refractivity contribution in [2.24, 2.45) is 5.92 Å². The zero-order valence-electron chi connectivity index (χ0n) is 15.5. The molecule has 1 amide bonds. The molecule has 0 saturated carbocycles. The molecule has 1 aliphatic heterocycles. The molecule has 0 aliphatic carbocycles. The van der Waals surface area contributed by atoms with Gasteiger partial charge in [0, 0.05) is 13.1 Å². The standard InChI is InChI=1S/C18H24BrNO6/c1-5-26-18(22)11-6-8-20(9-7-11)17(21)12-10-13(23-2)15(24-3)16(25-4)14(12)19/h10-11H,5-9H2,1-4H3. The molecule has 0 atom stereocenters. The van der Waals surface area contributed by atoms with Crippen LogP contribution in [-0.4, -0.2) is 57.8 Å². The first kappa shape index (κ1) is 20.4. The molecule has 0 spiro atoms. The van der Waals surface area contributed by atoms with E-state index in [1.54, 1.807) is 17.9 Å². The Bertz CT molecular complexity index is 670. The van der Waals surface area contributed by atoms with Gasteiger partial charge in [-0.15, -0.1) is 0 Å². The van der Waals surface area contributed by atoms with Gasteiger partial charge in [0.05, 0.1) is 43.9 Å². The monoisotopic (exact) mass is 429 g/mol. The lowest BCUT2D eigenvalue weighted by molar-refractivity contribution is -0.149. The predicted octanol–water partition coefficient (Wildman–Crippen LogP) is 2.89. The molecule has 2 rings (SSSR count). The normalized spacial score (nSPS) is 14.7. The Kier molecular flexibility index (Phi) is 7.14. The molecule has 1 aliphatic rings. The number of carbonyl (C=O) groups excluding carboxylic acids is 2. The molecule has 0 unspecified atom stereocenters. The quantitative estimate of drug-likeness (QED) is 0.647. The fraction of sp³-hybridized carbons (Fsp3) is 0.556. The van der Waals surface area contributed by atoms with E-state index in [4.69, 9.17) is 18.9 Å². The van der Waals surface area contributed by atoms with Crippen LogP contribution in [0.25, 0.3) is 0 Å². The van der Waals surface area contributed by atoms with Crippen LogP contribution in [0.3, 0.4) is 0 Å². The molecular formula is C18H24BrNO6. The number of esters is 1. The smallest absolute Gasteiger partial charge is 0.309 e. The van der Waals surface area contributed by atoms with E-state index in [0.717, 1.165) is 0 Å². The van der Waals surface area contributed by atoms with Crippen LogP contribution in [0, 0.1) is 5.92 Å². The summed E-state index contributed by atoms with van der Waals surface area (Å²) < 4.78 is 21.6. The minimum absolute atomic E-state index is 0.151. The summed E-state index contributed by atoms with van der Waals surface area (Å²) >= 11 is 3.44. The average Bonchev–Trinajstić information content (AvgIpc) is 2.67. The van der Waals surface area contributed by atoms with Gasteiger partial charge < -0.3 is 23.8 Å². The maximum absolute atomic E-state index is 13.0. The summed E-state index contributed by atoms with van der Waals surface area (Å²) in [5, 5.41) is 0. The minimum atomic E-state index is -0.187. The van der Waals surface area contributed by atoms with Crippen LogP contribution in [0.2, 0.25) is 0 Å². The summed E-state index contributed by atoms with van der Waals surface area (Å²) in [7, 11) is 4.51. The highest BCUT2D eigenvalue weighted by molar-refractivity contribution is 9.10. The van der Waals surface area contributed by atoms with Gasteiger partial charge in [-0.25, -0.2) is 0 Å². The number of carbonyl (C=O) groups is 2. The number of likely N-dealkylation sites (tertiary alicyclic amines) is 1.